The highest BCUT2D eigenvalue weighted by Gasteiger charge is 2.46. The SMILES string of the molecule is Nc1ncnc2c1c(C(F)(F)F)cn2[C@@H]1O[C@H](CO)[C@@H](F)[C@H]1O. The summed E-state index contributed by atoms with van der Waals surface area (Å²) in [5, 5.41) is 18.4. The third-order valence-electron chi connectivity index (χ3n) is 3.69. The van der Waals surface area contributed by atoms with Gasteiger partial charge >= 0.3 is 6.18 Å². The minimum Gasteiger partial charge on any atom is -0.394 e. The zero-order valence-corrected chi connectivity index (χ0v) is 11.4. The van der Waals surface area contributed by atoms with Crippen molar-refractivity contribution >= 4 is 16.9 Å². The molecule has 0 aliphatic carbocycles. The van der Waals surface area contributed by atoms with Crippen LogP contribution in [0.15, 0.2) is 12.5 Å². The molecule has 126 valence electrons. The second-order valence-electron chi connectivity index (χ2n) is 5.09. The van der Waals surface area contributed by atoms with Gasteiger partial charge in [-0.3, -0.25) is 0 Å². The van der Waals surface area contributed by atoms with Crippen LogP contribution >= 0.6 is 0 Å². The predicted molar refractivity (Wildman–Crippen MR) is 68.8 cm³/mol. The number of aliphatic hydroxyl groups excluding tert-OH is 2. The fraction of sp³-hybridized carbons (Fsp3) is 0.500. The molecule has 1 saturated heterocycles. The Labute approximate surface area is 126 Å². The number of nitrogens with two attached hydrogens (primary N) is 1. The highest BCUT2D eigenvalue weighted by molar-refractivity contribution is 5.90. The van der Waals surface area contributed by atoms with Gasteiger partial charge in [-0.1, -0.05) is 0 Å². The maximum Gasteiger partial charge on any atom is 0.418 e. The van der Waals surface area contributed by atoms with E-state index < -0.39 is 54.2 Å². The number of aromatic nitrogens is 3. The number of hydrogen-bond acceptors (Lipinski definition) is 6. The van der Waals surface area contributed by atoms with Crippen molar-refractivity contribution in [1.29, 1.82) is 0 Å². The lowest BCUT2D eigenvalue weighted by Gasteiger charge is -2.16. The van der Waals surface area contributed by atoms with Crippen LogP contribution in [0.1, 0.15) is 11.8 Å². The normalized spacial score (nSPS) is 28.6. The molecule has 4 N–H and O–H groups in total. The summed E-state index contributed by atoms with van der Waals surface area (Å²) in [5.41, 5.74) is 4.13. The summed E-state index contributed by atoms with van der Waals surface area (Å²) in [5.74, 6) is -0.399. The van der Waals surface area contributed by atoms with Crippen molar-refractivity contribution in [2.75, 3.05) is 12.3 Å². The second kappa shape index (κ2) is 5.28. The molecule has 0 bridgehead atoms. The lowest BCUT2D eigenvalue weighted by atomic mass is 10.1. The molecule has 0 spiro atoms. The van der Waals surface area contributed by atoms with Gasteiger partial charge in [0.25, 0.3) is 0 Å². The summed E-state index contributed by atoms with van der Waals surface area (Å²) in [6.45, 7) is -0.725. The van der Waals surface area contributed by atoms with Crippen molar-refractivity contribution in [3.05, 3.63) is 18.1 Å². The summed E-state index contributed by atoms with van der Waals surface area (Å²) >= 11 is 0. The van der Waals surface area contributed by atoms with Crippen LogP contribution in [0.25, 0.3) is 11.0 Å². The molecule has 0 radical (unpaired) electrons. The summed E-state index contributed by atoms with van der Waals surface area (Å²) in [4.78, 5) is 7.25. The van der Waals surface area contributed by atoms with Crippen LogP contribution < -0.4 is 5.73 Å². The van der Waals surface area contributed by atoms with E-state index in [4.69, 9.17) is 15.6 Å². The molecule has 2 aromatic heterocycles. The average molecular weight is 336 g/mol. The van der Waals surface area contributed by atoms with E-state index in [9.17, 15) is 22.7 Å². The smallest absolute Gasteiger partial charge is 0.394 e. The first-order chi connectivity index (χ1) is 10.8. The van der Waals surface area contributed by atoms with Crippen LogP contribution in [0.5, 0.6) is 0 Å². The summed E-state index contributed by atoms with van der Waals surface area (Å²) in [6, 6.07) is 0. The van der Waals surface area contributed by atoms with Gasteiger partial charge in [-0.2, -0.15) is 13.2 Å². The third-order valence-corrected chi connectivity index (χ3v) is 3.69. The Hall–Kier alpha value is -1.98. The third kappa shape index (κ3) is 2.40. The first-order valence-electron chi connectivity index (χ1n) is 6.52. The second-order valence-corrected chi connectivity index (χ2v) is 5.09. The summed E-state index contributed by atoms with van der Waals surface area (Å²) in [7, 11) is 0. The molecule has 1 aliphatic rings. The summed E-state index contributed by atoms with van der Waals surface area (Å²) < 4.78 is 59.3. The molecule has 1 aliphatic heterocycles. The maximum atomic E-state index is 13.8. The lowest BCUT2D eigenvalue weighted by Crippen LogP contribution is -2.29. The van der Waals surface area contributed by atoms with E-state index in [0.29, 0.717) is 6.20 Å². The van der Waals surface area contributed by atoms with E-state index in [1.54, 1.807) is 0 Å². The number of hydrogen-bond donors (Lipinski definition) is 3. The first-order valence-corrected chi connectivity index (χ1v) is 6.52. The number of fused-ring (bicyclic) bond motifs is 1. The molecule has 2 aromatic rings. The fourth-order valence-corrected chi connectivity index (χ4v) is 2.60. The van der Waals surface area contributed by atoms with E-state index in [1.807, 2.05) is 0 Å². The highest BCUT2D eigenvalue weighted by Crippen LogP contribution is 2.41. The molecule has 23 heavy (non-hydrogen) atoms. The molecular weight excluding hydrogens is 324 g/mol. The van der Waals surface area contributed by atoms with Gasteiger partial charge in [0, 0.05) is 6.20 Å². The van der Waals surface area contributed by atoms with Gasteiger partial charge in [0.15, 0.2) is 12.4 Å². The Balaban J connectivity index is 2.18. The van der Waals surface area contributed by atoms with Crippen LogP contribution in [0, 0.1) is 0 Å². The monoisotopic (exact) mass is 336 g/mol. The minimum absolute atomic E-state index is 0.250. The number of rotatable bonds is 2. The number of nitrogens with zero attached hydrogens (tertiary/aromatic N) is 3. The van der Waals surface area contributed by atoms with Crippen molar-refractivity contribution in [3.8, 4) is 0 Å². The molecule has 0 amide bonds. The maximum absolute atomic E-state index is 13.8. The van der Waals surface area contributed by atoms with Gasteiger partial charge in [-0.05, 0) is 0 Å². The van der Waals surface area contributed by atoms with Crippen molar-refractivity contribution in [2.45, 2.75) is 30.8 Å². The van der Waals surface area contributed by atoms with Crippen molar-refractivity contribution < 1.29 is 32.5 Å². The zero-order valence-electron chi connectivity index (χ0n) is 11.4. The molecule has 0 saturated carbocycles. The Morgan fingerprint density at radius 3 is 2.61 bits per heavy atom. The number of aliphatic hydroxyl groups is 2. The van der Waals surface area contributed by atoms with Crippen LogP contribution in [0.3, 0.4) is 0 Å². The van der Waals surface area contributed by atoms with Crippen molar-refractivity contribution in [3.63, 3.8) is 0 Å². The number of nitrogen functional groups attached to an aromatic ring is 1. The number of anilines is 1. The van der Waals surface area contributed by atoms with Gasteiger partial charge in [0.05, 0.1) is 17.6 Å². The molecule has 11 heteroatoms. The van der Waals surface area contributed by atoms with Gasteiger partial charge < -0.3 is 25.3 Å². The predicted octanol–water partition coefficient (Wildman–Crippen LogP) is 0.621. The lowest BCUT2D eigenvalue weighted by molar-refractivity contribution is -0.136. The molecule has 0 unspecified atom stereocenters. The van der Waals surface area contributed by atoms with E-state index in [0.717, 1.165) is 10.9 Å². The van der Waals surface area contributed by atoms with Gasteiger partial charge in [0.2, 0.25) is 0 Å². The minimum atomic E-state index is -4.75. The van der Waals surface area contributed by atoms with Gasteiger partial charge in [0.1, 0.15) is 30.0 Å². The quantitative estimate of drug-likeness (QED) is 0.694. The molecule has 3 rings (SSSR count). The van der Waals surface area contributed by atoms with E-state index >= 15 is 0 Å². The Kier molecular flexibility index (Phi) is 3.65. The summed E-state index contributed by atoms with van der Waals surface area (Å²) in [6.07, 6.45) is -9.70. The molecule has 4 atom stereocenters. The Bertz CT molecular complexity index is 735. The van der Waals surface area contributed by atoms with E-state index in [1.165, 1.54) is 0 Å². The largest absolute Gasteiger partial charge is 0.418 e. The number of alkyl halides is 4. The van der Waals surface area contributed by atoms with Gasteiger partial charge in [-0.25, -0.2) is 14.4 Å². The molecule has 3 heterocycles. The van der Waals surface area contributed by atoms with Crippen molar-refractivity contribution in [1.82, 2.24) is 14.5 Å². The Morgan fingerprint density at radius 2 is 2.04 bits per heavy atom. The van der Waals surface area contributed by atoms with Crippen LogP contribution in [-0.4, -0.2) is 49.7 Å². The van der Waals surface area contributed by atoms with Gasteiger partial charge in [-0.15, -0.1) is 0 Å². The average Bonchev–Trinajstić information content (AvgIpc) is 3.00. The topological polar surface area (TPSA) is 106 Å². The first kappa shape index (κ1) is 15.9. The number of ether oxygens (including phenoxy) is 1. The highest BCUT2D eigenvalue weighted by atomic mass is 19.4. The van der Waals surface area contributed by atoms with Crippen molar-refractivity contribution in [2.24, 2.45) is 0 Å². The van der Waals surface area contributed by atoms with E-state index in [-0.39, 0.29) is 5.65 Å². The van der Waals surface area contributed by atoms with Crippen LogP contribution in [0.4, 0.5) is 23.4 Å². The number of halogens is 4. The molecule has 7 nitrogen and oxygen atoms in total. The van der Waals surface area contributed by atoms with Crippen LogP contribution in [-0.2, 0) is 10.9 Å². The molecular formula is C12H12F4N4O3. The standard InChI is InChI=1S/C12H12F4N4O3/c13-7-5(2-21)23-11(8(7)22)20-1-4(12(14,15)16)6-9(17)18-3-19-10(6)20/h1,3,5,7-8,11,21-22H,2H2,(H2,17,18,19)/t5-,7-,8-,11-/m1/s1. The molecule has 0 aromatic carbocycles. The Morgan fingerprint density at radius 1 is 1.35 bits per heavy atom. The molecule has 1 fully saturated rings. The zero-order chi connectivity index (χ0) is 16.9. The van der Waals surface area contributed by atoms with E-state index in [2.05, 4.69) is 9.97 Å². The van der Waals surface area contributed by atoms with Crippen LogP contribution in [0.2, 0.25) is 0 Å². The fourth-order valence-electron chi connectivity index (χ4n) is 2.60.